The molecule has 0 radical (unpaired) electrons. The summed E-state index contributed by atoms with van der Waals surface area (Å²) in [6.07, 6.45) is 2.06. The van der Waals surface area contributed by atoms with Crippen LogP contribution in [0.3, 0.4) is 0 Å². The van der Waals surface area contributed by atoms with Crippen molar-refractivity contribution >= 4 is 22.6 Å². The number of benzene rings is 1. The molecular weight excluding hydrogens is 212 g/mol. The summed E-state index contributed by atoms with van der Waals surface area (Å²) < 4.78 is 11.9. The van der Waals surface area contributed by atoms with Crippen LogP contribution < -0.4 is 0 Å². The second kappa shape index (κ2) is 5.56. The molecule has 14 heavy (non-hydrogen) atoms. The zero-order valence-electron chi connectivity index (χ0n) is 8.82. The van der Waals surface area contributed by atoms with Gasteiger partial charge < -0.3 is 0 Å². The molecule has 0 amide bonds. The third kappa shape index (κ3) is 2.85. The van der Waals surface area contributed by atoms with E-state index in [1.54, 1.807) is 11.8 Å². The maximum Gasteiger partial charge on any atom is 0.0558 e. The highest BCUT2D eigenvalue weighted by atomic mass is 32.2. The molecule has 0 N–H and O–H groups in total. The second-order valence-electron chi connectivity index (χ2n) is 3.39. The Hall–Kier alpha value is -0.280. The lowest BCUT2D eigenvalue weighted by atomic mass is 10.2. The predicted octanol–water partition coefficient (Wildman–Crippen LogP) is 3.07. The Morgan fingerprint density at radius 1 is 1.36 bits per heavy atom. The van der Waals surface area contributed by atoms with Crippen LogP contribution in [0.15, 0.2) is 29.2 Å². The minimum atomic E-state index is -0.861. The summed E-state index contributed by atoms with van der Waals surface area (Å²) in [5.41, 5.74) is 1.20. The maximum atomic E-state index is 11.9. The Labute approximate surface area is 92.8 Å². The second-order valence-corrected chi connectivity index (χ2v) is 6.23. The molecule has 0 aliphatic heterocycles. The lowest BCUT2D eigenvalue weighted by Crippen LogP contribution is -2.07. The van der Waals surface area contributed by atoms with E-state index < -0.39 is 10.8 Å². The standard InChI is InChI=1S/C11H16OS2/c1-9(2)14(12)11-7-5-4-6-10(11)8-13-3/h4-7,9H,8H2,1-3H3. The minimum Gasteiger partial charge on any atom is -0.254 e. The van der Waals surface area contributed by atoms with Crippen molar-refractivity contribution in [1.82, 2.24) is 0 Å². The first-order valence-electron chi connectivity index (χ1n) is 4.64. The van der Waals surface area contributed by atoms with E-state index in [0.717, 1.165) is 10.6 Å². The van der Waals surface area contributed by atoms with Crippen molar-refractivity contribution in [1.29, 1.82) is 0 Å². The highest BCUT2D eigenvalue weighted by Crippen LogP contribution is 2.20. The summed E-state index contributed by atoms with van der Waals surface area (Å²) >= 11 is 1.76. The Morgan fingerprint density at radius 3 is 2.57 bits per heavy atom. The van der Waals surface area contributed by atoms with Gasteiger partial charge in [0.25, 0.3) is 0 Å². The summed E-state index contributed by atoms with van der Waals surface area (Å²) in [7, 11) is -0.861. The molecule has 0 saturated heterocycles. The summed E-state index contributed by atoms with van der Waals surface area (Å²) in [5.74, 6) is 0.939. The van der Waals surface area contributed by atoms with Gasteiger partial charge in [0, 0.05) is 15.9 Å². The van der Waals surface area contributed by atoms with Crippen molar-refractivity contribution in [2.24, 2.45) is 0 Å². The van der Waals surface area contributed by atoms with E-state index in [1.165, 1.54) is 5.56 Å². The van der Waals surface area contributed by atoms with E-state index in [9.17, 15) is 4.21 Å². The van der Waals surface area contributed by atoms with E-state index in [-0.39, 0.29) is 5.25 Å². The lowest BCUT2D eigenvalue weighted by Gasteiger charge is -2.10. The van der Waals surface area contributed by atoms with Crippen molar-refractivity contribution in [3.8, 4) is 0 Å². The number of hydrogen-bond acceptors (Lipinski definition) is 2. The fourth-order valence-electron chi connectivity index (χ4n) is 1.23. The van der Waals surface area contributed by atoms with Crippen molar-refractivity contribution in [2.45, 2.75) is 29.7 Å². The van der Waals surface area contributed by atoms with Crippen LogP contribution in [-0.2, 0) is 16.6 Å². The Bertz CT molecular complexity index is 321. The van der Waals surface area contributed by atoms with E-state index >= 15 is 0 Å². The van der Waals surface area contributed by atoms with Crippen LogP contribution in [0.5, 0.6) is 0 Å². The van der Waals surface area contributed by atoms with Gasteiger partial charge in [-0.15, -0.1) is 0 Å². The van der Waals surface area contributed by atoms with E-state index in [4.69, 9.17) is 0 Å². The normalized spacial score (nSPS) is 13.1. The number of rotatable bonds is 4. The van der Waals surface area contributed by atoms with Crippen molar-refractivity contribution in [3.63, 3.8) is 0 Å². The molecule has 0 aromatic heterocycles. The van der Waals surface area contributed by atoms with Crippen LogP contribution in [0.25, 0.3) is 0 Å². The van der Waals surface area contributed by atoms with Gasteiger partial charge in [-0.3, -0.25) is 4.21 Å². The Balaban J connectivity index is 3.00. The van der Waals surface area contributed by atoms with E-state index in [0.29, 0.717) is 0 Å². The highest BCUT2D eigenvalue weighted by Gasteiger charge is 2.11. The number of thioether (sulfide) groups is 1. The highest BCUT2D eigenvalue weighted by molar-refractivity contribution is 7.97. The summed E-state index contributed by atoms with van der Waals surface area (Å²) in [6, 6.07) is 8.00. The topological polar surface area (TPSA) is 17.1 Å². The van der Waals surface area contributed by atoms with E-state index in [2.05, 4.69) is 12.3 Å². The molecule has 78 valence electrons. The van der Waals surface area contributed by atoms with Gasteiger partial charge in [0.1, 0.15) is 0 Å². The fraction of sp³-hybridized carbons (Fsp3) is 0.455. The average Bonchev–Trinajstić information content (AvgIpc) is 2.18. The zero-order valence-corrected chi connectivity index (χ0v) is 10.5. The van der Waals surface area contributed by atoms with Crippen molar-refractivity contribution in [3.05, 3.63) is 29.8 Å². The monoisotopic (exact) mass is 228 g/mol. The van der Waals surface area contributed by atoms with Crippen LogP contribution >= 0.6 is 11.8 Å². The molecule has 0 fully saturated rings. The molecule has 1 unspecified atom stereocenters. The van der Waals surface area contributed by atoms with Crippen LogP contribution in [0.4, 0.5) is 0 Å². The van der Waals surface area contributed by atoms with Gasteiger partial charge in [-0.05, 0) is 17.9 Å². The smallest absolute Gasteiger partial charge is 0.0558 e. The molecule has 0 aliphatic rings. The predicted molar refractivity (Wildman–Crippen MR) is 65.2 cm³/mol. The van der Waals surface area contributed by atoms with Crippen LogP contribution in [0.2, 0.25) is 0 Å². The molecule has 3 heteroatoms. The molecule has 1 nitrogen and oxygen atoms in total. The van der Waals surface area contributed by atoms with Gasteiger partial charge in [-0.25, -0.2) is 0 Å². The molecule has 1 aromatic rings. The fourth-order valence-corrected chi connectivity index (χ4v) is 3.00. The van der Waals surface area contributed by atoms with Gasteiger partial charge in [0.15, 0.2) is 0 Å². The lowest BCUT2D eigenvalue weighted by molar-refractivity contribution is 0.676. The molecule has 1 rings (SSSR count). The Kier molecular flexibility index (Phi) is 4.69. The third-order valence-corrected chi connectivity index (χ3v) is 4.21. The van der Waals surface area contributed by atoms with Crippen molar-refractivity contribution in [2.75, 3.05) is 6.26 Å². The largest absolute Gasteiger partial charge is 0.254 e. The van der Waals surface area contributed by atoms with Gasteiger partial charge in [-0.2, -0.15) is 11.8 Å². The average molecular weight is 228 g/mol. The van der Waals surface area contributed by atoms with Crippen LogP contribution in [0, 0.1) is 0 Å². The molecule has 0 spiro atoms. The molecule has 0 saturated carbocycles. The molecule has 0 heterocycles. The number of hydrogen-bond donors (Lipinski definition) is 0. The van der Waals surface area contributed by atoms with Gasteiger partial charge in [0.05, 0.1) is 10.8 Å². The summed E-state index contributed by atoms with van der Waals surface area (Å²) in [4.78, 5) is 0.997. The summed E-state index contributed by atoms with van der Waals surface area (Å²) in [5, 5.41) is 0.193. The van der Waals surface area contributed by atoms with E-state index in [1.807, 2.05) is 32.0 Å². The quantitative estimate of drug-likeness (QED) is 0.788. The van der Waals surface area contributed by atoms with Gasteiger partial charge >= 0.3 is 0 Å². The first-order valence-corrected chi connectivity index (χ1v) is 7.25. The molecule has 0 aliphatic carbocycles. The maximum absolute atomic E-state index is 11.9. The summed E-state index contributed by atoms with van der Waals surface area (Å²) in [6.45, 7) is 3.98. The molecule has 1 atom stereocenters. The first kappa shape index (κ1) is 11.8. The SMILES string of the molecule is CSCc1ccccc1S(=O)C(C)C. The first-order chi connectivity index (χ1) is 6.66. The molecular formula is C11H16OS2. The van der Waals surface area contributed by atoms with Crippen molar-refractivity contribution < 1.29 is 4.21 Å². The van der Waals surface area contributed by atoms with Crippen LogP contribution in [-0.4, -0.2) is 15.7 Å². The molecule has 1 aromatic carbocycles. The van der Waals surface area contributed by atoms with Crippen LogP contribution in [0.1, 0.15) is 19.4 Å². The Morgan fingerprint density at radius 2 is 2.00 bits per heavy atom. The van der Waals surface area contributed by atoms with Gasteiger partial charge in [-0.1, -0.05) is 32.0 Å². The minimum absolute atomic E-state index is 0.193. The van der Waals surface area contributed by atoms with Gasteiger partial charge in [0.2, 0.25) is 0 Å². The third-order valence-electron chi connectivity index (χ3n) is 1.92. The molecule has 0 bridgehead atoms. The zero-order chi connectivity index (χ0) is 10.6.